The Morgan fingerprint density at radius 2 is 1.42 bits per heavy atom. The van der Waals surface area contributed by atoms with Crippen molar-refractivity contribution >= 4 is 23.7 Å². The maximum absolute atomic E-state index is 13.5. The van der Waals surface area contributed by atoms with Gasteiger partial charge in [-0.2, -0.15) is 0 Å². The fourth-order valence-electron chi connectivity index (χ4n) is 3.67. The lowest BCUT2D eigenvalue weighted by Gasteiger charge is -2.25. The van der Waals surface area contributed by atoms with Crippen LogP contribution in [0.4, 0.5) is 10.5 Å². The van der Waals surface area contributed by atoms with Crippen LogP contribution in [0, 0.1) is 0 Å². The van der Waals surface area contributed by atoms with E-state index >= 15 is 0 Å². The van der Waals surface area contributed by atoms with Crippen LogP contribution in [0.1, 0.15) is 92.1 Å². The van der Waals surface area contributed by atoms with Crippen LogP contribution < -0.4 is 9.64 Å². The van der Waals surface area contributed by atoms with E-state index in [1.807, 2.05) is 45.9 Å². The Morgan fingerprint density at radius 3 is 1.94 bits per heavy atom. The summed E-state index contributed by atoms with van der Waals surface area (Å²) in [4.78, 5) is 40.3. The predicted molar refractivity (Wildman–Crippen MR) is 119 cm³/mol. The first-order valence-electron chi connectivity index (χ1n) is 10.5. The number of benzene rings is 2. The minimum Gasteiger partial charge on any atom is -0.428 e. The van der Waals surface area contributed by atoms with Crippen LogP contribution in [0.15, 0.2) is 36.4 Å². The molecular weight excluding hydrogens is 394 g/mol. The Morgan fingerprint density at radius 1 is 0.871 bits per heavy atom. The first-order chi connectivity index (χ1) is 14.4. The van der Waals surface area contributed by atoms with E-state index in [9.17, 15) is 14.4 Å². The summed E-state index contributed by atoms with van der Waals surface area (Å²) in [5.41, 5.74) is 1.97. The topological polar surface area (TPSA) is 72.9 Å². The summed E-state index contributed by atoms with van der Waals surface area (Å²) in [7, 11) is 0. The Labute approximate surface area is 183 Å². The van der Waals surface area contributed by atoms with Crippen molar-refractivity contribution in [2.45, 2.75) is 65.9 Å². The third-order valence-electron chi connectivity index (χ3n) is 5.03. The molecule has 1 heterocycles. The van der Waals surface area contributed by atoms with E-state index in [0.29, 0.717) is 5.69 Å². The molecule has 0 fully saturated rings. The summed E-state index contributed by atoms with van der Waals surface area (Å²) in [5, 5.41) is 0. The van der Waals surface area contributed by atoms with Gasteiger partial charge in [0, 0.05) is 0 Å². The maximum atomic E-state index is 13.5. The quantitative estimate of drug-likeness (QED) is 0.340. The smallest absolute Gasteiger partial charge is 0.428 e. The molecule has 0 spiro atoms. The van der Waals surface area contributed by atoms with Crippen LogP contribution in [0.5, 0.6) is 5.75 Å². The molecular formula is C25H29NO5. The van der Waals surface area contributed by atoms with Gasteiger partial charge in [0.2, 0.25) is 0 Å². The average Bonchev–Trinajstić information content (AvgIpc) is 2.90. The largest absolute Gasteiger partial charge is 0.514 e. The standard InChI is InChI=1S/C25H29NO5/c1-14(2)16-10-8-11-17(15(3)4)21(16)26-22(27)18-12-9-13-19(20(18)23(26)28)30-24(29)31-25(5,6)7/h8-15H,1-7H3. The van der Waals surface area contributed by atoms with E-state index < -0.39 is 23.6 Å². The van der Waals surface area contributed by atoms with Gasteiger partial charge in [-0.05, 0) is 55.9 Å². The second kappa shape index (κ2) is 8.17. The van der Waals surface area contributed by atoms with Crippen LogP contribution in [0.25, 0.3) is 0 Å². The summed E-state index contributed by atoms with van der Waals surface area (Å²) in [6, 6.07) is 10.5. The number of rotatable bonds is 4. The number of hydrogen-bond acceptors (Lipinski definition) is 5. The van der Waals surface area contributed by atoms with Gasteiger partial charge in [-0.15, -0.1) is 0 Å². The van der Waals surface area contributed by atoms with E-state index in [2.05, 4.69) is 0 Å². The number of nitrogens with zero attached hydrogens (tertiary/aromatic N) is 1. The summed E-state index contributed by atoms with van der Waals surface area (Å²) in [6.45, 7) is 13.3. The van der Waals surface area contributed by atoms with Crippen LogP contribution in [0.3, 0.4) is 0 Å². The zero-order chi connectivity index (χ0) is 23.1. The lowest BCUT2D eigenvalue weighted by atomic mass is 9.92. The molecule has 0 N–H and O–H groups in total. The third kappa shape index (κ3) is 4.33. The molecule has 0 unspecified atom stereocenters. The zero-order valence-electron chi connectivity index (χ0n) is 19.1. The minimum absolute atomic E-state index is 0.0146. The van der Waals surface area contributed by atoms with Crippen molar-refractivity contribution in [3.05, 3.63) is 58.7 Å². The number of fused-ring (bicyclic) bond motifs is 1. The molecule has 0 bridgehead atoms. The normalized spacial score (nSPS) is 13.8. The number of ether oxygens (including phenoxy) is 2. The molecule has 0 saturated heterocycles. The molecule has 2 aromatic rings. The van der Waals surface area contributed by atoms with Crippen LogP contribution in [0.2, 0.25) is 0 Å². The van der Waals surface area contributed by atoms with Gasteiger partial charge in [0.15, 0.2) is 0 Å². The fourth-order valence-corrected chi connectivity index (χ4v) is 3.67. The second-order valence-corrected chi connectivity index (χ2v) is 9.29. The van der Waals surface area contributed by atoms with Gasteiger partial charge in [-0.25, -0.2) is 9.69 Å². The van der Waals surface area contributed by atoms with Crippen molar-refractivity contribution in [1.29, 1.82) is 0 Å². The number of anilines is 1. The van der Waals surface area contributed by atoms with Crippen molar-refractivity contribution in [1.82, 2.24) is 0 Å². The van der Waals surface area contributed by atoms with Crippen molar-refractivity contribution in [3.63, 3.8) is 0 Å². The highest BCUT2D eigenvalue weighted by atomic mass is 16.7. The van der Waals surface area contributed by atoms with Gasteiger partial charge < -0.3 is 9.47 Å². The van der Waals surface area contributed by atoms with Gasteiger partial charge >= 0.3 is 6.16 Å². The van der Waals surface area contributed by atoms with E-state index in [0.717, 1.165) is 11.1 Å². The first-order valence-corrected chi connectivity index (χ1v) is 10.5. The van der Waals surface area contributed by atoms with Crippen LogP contribution in [-0.4, -0.2) is 23.6 Å². The van der Waals surface area contributed by atoms with Crippen molar-refractivity contribution in [2.24, 2.45) is 0 Å². The lowest BCUT2D eigenvalue weighted by molar-refractivity contribution is 0.0205. The van der Waals surface area contributed by atoms with Gasteiger partial charge in [-0.1, -0.05) is 52.0 Å². The summed E-state index contributed by atoms with van der Waals surface area (Å²) in [6.07, 6.45) is -0.926. The molecule has 2 aromatic carbocycles. The lowest BCUT2D eigenvalue weighted by Crippen LogP contribution is -2.32. The highest BCUT2D eigenvalue weighted by Crippen LogP contribution is 2.41. The van der Waals surface area contributed by atoms with Gasteiger partial charge in [0.25, 0.3) is 11.8 Å². The minimum atomic E-state index is -0.926. The molecule has 0 saturated carbocycles. The first kappa shape index (κ1) is 22.5. The maximum Gasteiger partial charge on any atom is 0.514 e. The number of imide groups is 1. The molecule has 1 aliphatic rings. The zero-order valence-corrected chi connectivity index (χ0v) is 19.1. The van der Waals surface area contributed by atoms with Crippen LogP contribution in [-0.2, 0) is 4.74 Å². The Bertz CT molecular complexity index is 1020. The Kier molecular flexibility index (Phi) is 5.94. The van der Waals surface area contributed by atoms with Crippen LogP contribution >= 0.6 is 0 Å². The van der Waals surface area contributed by atoms with Crippen molar-refractivity contribution in [3.8, 4) is 5.75 Å². The molecule has 6 heteroatoms. The van der Waals surface area contributed by atoms with Crippen molar-refractivity contribution < 1.29 is 23.9 Å². The molecule has 0 atom stereocenters. The molecule has 0 aromatic heterocycles. The highest BCUT2D eigenvalue weighted by molar-refractivity contribution is 6.35. The number of hydrogen-bond donors (Lipinski definition) is 0. The van der Waals surface area contributed by atoms with E-state index in [1.54, 1.807) is 32.9 Å². The predicted octanol–water partition coefficient (Wildman–Crippen LogP) is 6.05. The van der Waals surface area contributed by atoms with E-state index in [1.165, 1.54) is 11.0 Å². The third-order valence-corrected chi connectivity index (χ3v) is 5.03. The Hall–Kier alpha value is -3.15. The van der Waals surface area contributed by atoms with Gasteiger partial charge in [-0.3, -0.25) is 9.59 Å². The monoisotopic (exact) mass is 423 g/mol. The summed E-state index contributed by atoms with van der Waals surface area (Å²) >= 11 is 0. The Balaban J connectivity index is 2.10. The fraction of sp³-hybridized carbons (Fsp3) is 0.400. The number of carbonyl (C=O) groups is 3. The average molecular weight is 424 g/mol. The van der Waals surface area contributed by atoms with E-state index in [-0.39, 0.29) is 28.7 Å². The highest BCUT2D eigenvalue weighted by Gasteiger charge is 2.42. The van der Waals surface area contributed by atoms with Gasteiger partial charge in [0.05, 0.1) is 16.8 Å². The molecule has 6 nitrogen and oxygen atoms in total. The summed E-state index contributed by atoms with van der Waals surface area (Å²) in [5.74, 6) is -0.703. The molecule has 2 amide bonds. The molecule has 0 aliphatic carbocycles. The number of para-hydroxylation sites is 1. The molecule has 1 aliphatic heterocycles. The molecule has 164 valence electrons. The number of amides is 2. The van der Waals surface area contributed by atoms with E-state index in [4.69, 9.17) is 9.47 Å². The van der Waals surface area contributed by atoms with Crippen molar-refractivity contribution in [2.75, 3.05) is 4.90 Å². The van der Waals surface area contributed by atoms with Gasteiger partial charge in [0.1, 0.15) is 11.4 Å². The SMILES string of the molecule is CC(C)c1cccc(C(C)C)c1N1C(=O)c2cccc(OC(=O)OC(C)(C)C)c2C1=O. The molecule has 3 rings (SSSR count). The second-order valence-electron chi connectivity index (χ2n) is 9.29. The summed E-state index contributed by atoms with van der Waals surface area (Å²) < 4.78 is 10.5. The molecule has 31 heavy (non-hydrogen) atoms. The number of carbonyl (C=O) groups excluding carboxylic acids is 3. The molecule has 0 radical (unpaired) electrons.